The van der Waals surface area contributed by atoms with Gasteiger partial charge < -0.3 is 15.6 Å². The van der Waals surface area contributed by atoms with Gasteiger partial charge >= 0.3 is 0 Å². The number of aliphatic hydroxyl groups is 1. The van der Waals surface area contributed by atoms with Crippen molar-refractivity contribution in [3.8, 4) is 5.75 Å². The fourth-order valence-electron chi connectivity index (χ4n) is 1.47. The molecular formula is C11H17NO2. The minimum atomic E-state index is -0.675. The molecule has 0 bridgehead atoms. The van der Waals surface area contributed by atoms with E-state index >= 15 is 0 Å². The Balaban J connectivity index is 3.16. The highest BCUT2D eigenvalue weighted by atomic mass is 16.5. The Labute approximate surface area is 84.5 Å². The highest BCUT2D eigenvalue weighted by Crippen LogP contribution is 2.29. The van der Waals surface area contributed by atoms with Crippen LogP contribution in [-0.2, 0) is 0 Å². The summed E-state index contributed by atoms with van der Waals surface area (Å²) in [5.41, 5.74) is 7.43. The van der Waals surface area contributed by atoms with E-state index in [4.69, 9.17) is 10.5 Å². The second-order valence-corrected chi connectivity index (χ2v) is 3.49. The molecule has 14 heavy (non-hydrogen) atoms. The third kappa shape index (κ3) is 2.05. The summed E-state index contributed by atoms with van der Waals surface area (Å²) in [4.78, 5) is 0. The van der Waals surface area contributed by atoms with E-state index in [0.29, 0.717) is 5.75 Å². The molecule has 0 fully saturated rings. The third-order valence-corrected chi connectivity index (χ3v) is 2.30. The molecule has 1 aromatic rings. The molecule has 0 aromatic heterocycles. The Morgan fingerprint density at radius 3 is 2.57 bits per heavy atom. The lowest BCUT2D eigenvalue weighted by molar-refractivity contribution is 0.149. The lowest BCUT2D eigenvalue weighted by Crippen LogP contribution is -2.25. The highest BCUT2D eigenvalue weighted by molar-refractivity contribution is 5.41. The number of aliphatic hydroxyl groups excluding tert-OH is 1. The molecule has 0 aliphatic heterocycles. The molecule has 0 amide bonds. The molecule has 1 aromatic carbocycles. The second-order valence-electron chi connectivity index (χ2n) is 3.49. The van der Waals surface area contributed by atoms with E-state index in [-0.39, 0.29) is 6.04 Å². The summed E-state index contributed by atoms with van der Waals surface area (Å²) in [5, 5.41) is 9.89. The number of methoxy groups -OCH3 is 1. The van der Waals surface area contributed by atoms with E-state index < -0.39 is 6.10 Å². The van der Waals surface area contributed by atoms with Crippen molar-refractivity contribution in [2.75, 3.05) is 7.11 Å². The van der Waals surface area contributed by atoms with Crippen LogP contribution in [0.15, 0.2) is 18.2 Å². The van der Waals surface area contributed by atoms with E-state index in [2.05, 4.69) is 0 Å². The van der Waals surface area contributed by atoms with Crippen LogP contribution in [0, 0.1) is 6.92 Å². The van der Waals surface area contributed by atoms with Crippen LogP contribution in [0.2, 0.25) is 0 Å². The minimum Gasteiger partial charge on any atom is -0.496 e. The summed E-state index contributed by atoms with van der Waals surface area (Å²) < 4.78 is 5.18. The molecule has 3 heteroatoms. The van der Waals surface area contributed by atoms with Gasteiger partial charge in [0.1, 0.15) is 5.75 Å². The summed E-state index contributed by atoms with van der Waals surface area (Å²) in [5.74, 6) is 0.690. The highest BCUT2D eigenvalue weighted by Gasteiger charge is 2.18. The van der Waals surface area contributed by atoms with Gasteiger partial charge in [-0.1, -0.05) is 12.1 Å². The number of hydrogen-bond acceptors (Lipinski definition) is 3. The van der Waals surface area contributed by atoms with Crippen LogP contribution in [0.25, 0.3) is 0 Å². The fourth-order valence-corrected chi connectivity index (χ4v) is 1.47. The fraction of sp³-hybridized carbons (Fsp3) is 0.455. The Hall–Kier alpha value is -1.06. The lowest BCUT2D eigenvalue weighted by atomic mass is 9.98. The molecule has 3 nitrogen and oxygen atoms in total. The molecule has 3 N–H and O–H groups in total. The van der Waals surface area contributed by atoms with Crippen molar-refractivity contribution < 1.29 is 9.84 Å². The molecule has 0 spiro atoms. The van der Waals surface area contributed by atoms with Gasteiger partial charge in [-0.25, -0.2) is 0 Å². The van der Waals surface area contributed by atoms with Crippen molar-refractivity contribution in [3.05, 3.63) is 29.3 Å². The van der Waals surface area contributed by atoms with Crippen LogP contribution < -0.4 is 10.5 Å². The lowest BCUT2D eigenvalue weighted by Gasteiger charge is -2.19. The average molecular weight is 195 g/mol. The normalized spacial score (nSPS) is 14.9. The molecule has 0 aliphatic rings. The van der Waals surface area contributed by atoms with Crippen LogP contribution in [0.1, 0.15) is 24.2 Å². The molecule has 78 valence electrons. The summed E-state index contributed by atoms with van der Waals surface area (Å²) in [6.45, 7) is 3.71. The first-order valence-electron chi connectivity index (χ1n) is 4.65. The maximum atomic E-state index is 9.89. The predicted molar refractivity (Wildman–Crippen MR) is 56.3 cm³/mol. The van der Waals surface area contributed by atoms with Crippen LogP contribution >= 0.6 is 0 Å². The smallest absolute Gasteiger partial charge is 0.124 e. The quantitative estimate of drug-likeness (QED) is 0.766. The molecule has 0 aliphatic carbocycles. The predicted octanol–water partition coefficient (Wildman–Crippen LogP) is 1.38. The van der Waals surface area contributed by atoms with Gasteiger partial charge in [-0.05, 0) is 25.5 Å². The van der Waals surface area contributed by atoms with Crippen molar-refractivity contribution in [1.82, 2.24) is 0 Å². The van der Waals surface area contributed by atoms with Crippen LogP contribution in [0.5, 0.6) is 5.75 Å². The van der Waals surface area contributed by atoms with Crippen molar-refractivity contribution in [2.45, 2.75) is 26.0 Å². The molecule has 0 heterocycles. The molecule has 2 atom stereocenters. The van der Waals surface area contributed by atoms with Crippen molar-refractivity contribution in [3.63, 3.8) is 0 Å². The molecule has 0 saturated heterocycles. The van der Waals surface area contributed by atoms with Crippen molar-refractivity contribution in [1.29, 1.82) is 0 Å². The second kappa shape index (κ2) is 4.44. The molecule has 0 radical (unpaired) electrons. The van der Waals surface area contributed by atoms with Crippen LogP contribution in [0.4, 0.5) is 0 Å². The van der Waals surface area contributed by atoms with E-state index in [1.807, 2.05) is 25.1 Å². The number of nitrogens with two attached hydrogens (primary N) is 1. The molecular weight excluding hydrogens is 178 g/mol. The number of rotatable bonds is 3. The summed E-state index contributed by atoms with van der Waals surface area (Å²) >= 11 is 0. The number of benzene rings is 1. The first-order valence-corrected chi connectivity index (χ1v) is 4.65. The SMILES string of the molecule is COc1cccc(C)c1[C@@H](O)[C@H](C)N. The summed E-state index contributed by atoms with van der Waals surface area (Å²) in [7, 11) is 1.59. The van der Waals surface area contributed by atoms with Gasteiger partial charge in [-0.3, -0.25) is 0 Å². The standard InChI is InChI=1S/C11H17NO2/c1-7-5-4-6-9(14-3)10(7)11(13)8(2)12/h4-6,8,11,13H,12H2,1-3H3/t8-,11-/m0/s1. The van der Waals surface area contributed by atoms with E-state index in [9.17, 15) is 5.11 Å². The zero-order valence-corrected chi connectivity index (χ0v) is 8.82. The monoisotopic (exact) mass is 195 g/mol. The maximum Gasteiger partial charge on any atom is 0.124 e. The van der Waals surface area contributed by atoms with Gasteiger partial charge in [-0.2, -0.15) is 0 Å². The summed E-state index contributed by atoms with van der Waals surface area (Å²) in [6.07, 6.45) is -0.675. The van der Waals surface area contributed by atoms with Gasteiger partial charge in [0, 0.05) is 11.6 Å². The topological polar surface area (TPSA) is 55.5 Å². The Morgan fingerprint density at radius 1 is 1.43 bits per heavy atom. The zero-order chi connectivity index (χ0) is 10.7. The Bertz CT molecular complexity index is 310. The Morgan fingerprint density at radius 2 is 2.07 bits per heavy atom. The number of ether oxygens (including phenoxy) is 1. The largest absolute Gasteiger partial charge is 0.496 e. The molecule has 0 saturated carbocycles. The number of hydrogen-bond donors (Lipinski definition) is 2. The third-order valence-electron chi connectivity index (χ3n) is 2.30. The van der Waals surface area contributed by atoms with Gasteiger partial charge in [0.15, 0.2) is 0 Å². The van der Waals surface area contributed by atoms with E-state index in [1.54, 1.807) is 14.0 Å². The first kappa shape index (κ1) is 11.0. The maximum absolute atomic E-state index is 9.89. The van der Waals surface area contributed by atoms with Crippen molar-refractivity contribution in [2.24, 2.45) is 5.73 Å². The average Bonchev–Trinajstić information content (AvgIpc) is 2.16. The van der Waals surface area contributed by atoms with Crippen LogP contribution in [-0.4, -0.2) is 18.3 Å². The van der Waals surface area contributed by atoms with E-state index in [0.717, 1.165) is 11.1 Å². The van der Waals surface area contributed by atoms with Gasteiger partial charge in [0.25, 0.3) is 0 Å². The van der Waals surface area contributed by atoms with Crippen LogP contribution in [0.3, 0.4) is 0 Å². The number of aryl methyl sites for hydroxylation is 1. The summed E-state index contributed by atoms with van der Waals surface area (Å²) in [6, 6.07) is 5.35. The minimum absolute atomic E-state index is 0.301. The first-order chi connectivity index (χ1) is 6.57. The van der Waals surface area contributed by atoms with Gasteiger partial charge in [0.05, 0.1) is 13.2 Å². The van der Waals surface area contributed by atoms with Gasteiger partial charge in [-0.15, -0.1) is 0 Å². The molecule has 0 unspecified atom stereocenters. The van der Waals surface area contributed by atoms with Crippen molar-refractivity contribution >= 4 is 0 Å². The molecule has 1 rings (SSSR count). The zero-order valence-electron chi connectivity index (χ0n) is 8.82. The Kier molecular flexibility index (Phi) is 3.49. The van der Waals surface area contributed by atoms with E-state index in [1.165, 1.54) is 0 Å². The van der Waals surface area contributed by atoms with Gasteiger partial charge in [0.2, 0.25) is 0 Å².